The molecule has 3 aromatic carbocycles. The molecule has 0 aliphatic carbocycles. The number of amides is 1. The number of benzene rings is 3. The molecule has 0 spiro atoms. The first-order valence-corrected chi connectivity index (χ1v) is 12.0. The SMILES string of the molecule is CC(C)c1ccc(/C=C/C(=O)NC(=S)Nc2ccc(Cc3nc4ccccc4s3)cc2)cc1. The predicted octanol–water partition coefficient (Wildman–Crippen LogP) is 6.54. The van der Waals surface area contributed by atoms with E-state index in [-0.39, 0.29) is 11.0 Å². The lowest BCUT2D eigenvalue weighted by molar-refractivity contribution is -0.115. The maximum absolute atomic E-state index is 12.2. The number of fused-ring (bicyclic) bond motifs is 1. The molecular weight excluding hydrogens is 446 g/mol. The van der Waals surface area contributed by atoms with Crippen molar-refractivity contribution in [3.05, 3.63) is 101 Å². The third-order valence-electron chi connectivity index (χ3n) is 5.17. The number of rotatable bonds is 6. The summed E-state index contributed by atoms with van der Waals surface area (Å²) in [5, 5.41) is 7.09. The molecule has 6 heteroatoms. The number of nitrogens with zero attached hydrogens (tertiary/aromatic N) is 1. The van der Waals surface area contributed by atoms with E-state index in [1.165, 1.54) is 21.9 Å². The first-order chi connectivity index (χ1) is 16.0. The molecule has 0 atom stereocenters. The van der Waals surface area contributed by atoms with Crippen LogP contribution in [0.4, 0.5) is 5.69 Å². The molecule has 0 aliphatic rings. The quantitative estimate of drug-likeness (QED) is 0.248. The van der Waals surface area contributed by atoms with Crippen molar-refractivity contribution in [3.8, 4) is 0 Å². The van der Waals surface area contributed by atoms with Crippen molar-refractivity contribution in [2.45, 2.75) is 26.2 Å². The van der Waals surface area contributed by atoms with Crippen LogP contribution in [0.3, 0.4) is 0 Å². The molecule has 0 aliphatic heterocycles. The van der Waals surface area contributed by atoms with Gasteiger partial charge < -0.3 is 5.32 Å². The van der Waals surface area contributed by atoms with Crippen molar-refractivity contribution >= 4 is 56.6 Å². The average molecular weight is 472 g/mol. The average Bonchev–Trinajstić information content (AvgIpc) is 3.21. The summed E-state index contributed by atoms with van der Waals surface area (Å²) in [6.07, 6.45) is 4.04. The van der Waals surface area contributed by atoms with Crippen LogP contribution in [0.25, 0.3) is 16.3 Å². The van der Waals surface area contributed by atoms with E-state index >= 15 is 0 Å². The first kappa shape index (κ1) is 22.8. The lowest BCUT2D eigenvalue weighted by atomic mass is 10.0. The van der Waals surface area contributed by atoms with Gasteiger partial charge in [-0.05, 0) is 65.2 Å². The zero-order chi connectivity index (χ0) is 23.2. The molecule has 4 aromatic rings. The highest BCUT2D eigenvalue weighted by Gasteiger charge is 2.06. The minimum Gasteiger partial charge on any atom is -0.332 e. The Labute approximate surface area is 203 Å². The first-order valence-electron chi connectivity index (χ1n) is 10.8. The van der Waals surface area contributed by atoms with Crippen LogP contribution < -0.4 is 10.6 Å². The van der Waals surface area contributed by atoms with E-state index in [0.29, 0.717) is 5.92 Å². The third kappa shape index (κ3) is 6.34. The Morgan fingerprint density at radius 2 is 1.76 bits per heavy atom. The maximum Gasteiger partial charge on any atom is 0.250 e. The van der Waals surface area contributed by atoms with E-state index < -0.39 is 0 Å². The number of aromatic nitrogens is 1. The van der Waals surface area contributed by atoms with Crippen LogP contribution in [0.15, 0.2) is 78.9 Å². The Hall–Kier alpha value is -3.35. The number of nitrogens with one attached hydrogen (secondary N) is 2. The fourth-order valence-electron chi connectivity index (χ4n) is 3.36. The fourth-order valence-corrected chi connectivity index (χ4v) is 4.58. The zero-order valence-electron chi connectivity index (χ0n) is 18.5. The molecule has 1 amide bonds. The number of thiocarbonyl (C=S) groups is 1. The zero-order valence-corrected chi connectivity index (χ0v) is 20.2. The summed E-state index contributed by atoms with van der Waals surface area (Å²) < 4.78 is 1.20. The van der Waals surface area contributed by atoms with Gasteiger partial charge >= 0.3 is 0 Å². The van der Waals surface area contributed by atoms with Gasteiger partial charge in [0.15, 0.2) is 5.11 Å². The molecule has 0 unspecified atom stereocenters. The maximum atomic E-state index is 12.2. The van der Waals surface area contributed by atoms with E-state index in [0.717, 1.165) is 28.2 Å². The summed E-state index contributed by atoms with van der Waals surface area (Å²) in [6.45, 7) is 4.31. The van der Waals surface area contributed by atoms with Crippen LogP contribution in [0.1, 0.15) is 41.5 Å². The van der Waals surface area contributed by atoms with Gasteiger partial charge in [-0.15, -0.1) is 11.3 Å². The lowest BCUT2D eigenvalue weighted by Crippen LogP contribution is -2.32. The van der Waals surface area contributed by atoms with E-state index in [4.69, 9.17) is 17.2 Å². The Morgan fingerprint density at radius 3 is 2.45 bits per heavy atom. The van der Waals surface area contributed by atoms with E-state index in [1.54, 1.807) is 17.4 Å². The smallest absolute Gasteiger partial charge is 0.250 e. The molecule has 4 rings (SSSR count). The number of carbonyl (C=O) groups is 1. The monoisotopic (exact) mass is 471 g/mol. The van der Waals surface area contributed by atoms with Crippen molar-refractivity contribution in [3.63, 3.8) is 0 Å². The number of thiazole rings is 1. The number of para-hydroxylation sites is 1. The Bertz CT molecular complexity index is 1260. The van der Waals surface area contributed by atoms with Gasteiger partial charge in [0.05, 0.1) is 15.2 Å². The van der Waals surface area contributed by atoms with Crippen LogP contribution in [0, 0.1) is 0 Å². The van der Waals surface area contributed by atoms with E-state index in [1.807, 2.05) is 54.6 Å². The second-order valence-electron chi connectivity index (χ2n) is 8.05. The Morgan fingerprint density at radius 1 is 1.03 bits per heavy atom. The standard InChI is InChI=1S/C27H25N3OS2/c1-18(2)21-12-7-19(8-13-21)11-16-25(31)30-27(32)28-22-14-9-20(10-15-22)17-26-29-23-5-3-4-6-24(23)33-26/h3-16,18H,17H2,1-2H3,(H2,28,30,31,32)/b16-11+. The van der Waals surface area contributed by atoms with Crippen LogP contribution in [0.2, 0.25) is 0 Å². The number of hydrogen-bond acceptors (Lipinski definition) is 4. The number of carbonyl (C=O) groups excluding carboxylic acids is 1. The minimum atomic E-state index is -0.270. The topological polar surface area (TPSA) is 54.0 Å². The van der Waals surface area contributed by atoms with E-state index in [9.17, 15) is 4.79 Å². The molecule has 0 saturated carbocycles. The molecule has 0 fully saturated rings. The second kappa shape index (κ2) is 10.5. The van der Waals surface area contributed by atoms with E-state index in [2.05, 4.69) is 42.7 Å². The lowest BCUT2D eigenvalue weighted by Gasteiger charge is -2.09. The summed E-state index contributed by atoms with van der Waals surface area (Å²) in [5.74, 6) is 0.212. The van der Waals surface area contributed by atoms with Gasteiger partial charge in [0.1, 0.15) is 0 Å². The van der Waals surface area contributed by atoms with Crippen molar-refractivity contribution in [1.82, 2.24) is 10.3 Å². The van der Waals surface area contributed by atoms with Crippen LogP contribution in [0.5, 0.6) is 0 Å². The van der Waals surface area contributed by atoms with Crippen LogP contribution in [-0.2, 0) is 11.2 Å². The Kier molecular flexibility index (Phi) is 7.27. The largest absolute Gasteiger partial charge is 0.332 e. The molecule has 0 radical (unpaired) electrons. The molecule has 1 aromatic heterocycles. The molecule has 0 saturated heterocycles. The number of anilines is 1. The molecular formula is C27H25N3OS2. The van der Waals surface area contributed by atoms with Gasteiger partial charge in [-0.2, -0.15) is 0 Å². The fraction of sp³-hybridized carbons (Fsp3) is 0.148. The van der Waals surface area contributed by atoms with Gasteiger partial charge in [-0.3, -0.25) is 10.1 Å². The van der Waals surface area contributed by atoms with Gasteiger partial charge in [0.25, 0.3) is 0 Å². The highest BCUT2D eigenvalue weighted by molar-refractivity contribution is 7.80. The van der Waals surface area contributed by atoms with Crippen molar-refractivity contribution < 1.29 is 4.79 Å². The predicted molar refractivity (Wildman–Crippen MR) is 143 cm³/mol. The van der Waals surface area contributed by atoms with Gasteiger partial charge in [0, 0.05) is 18.2 Å². The second-order valence-corrected chi connectivity index (χ2v) is 9.57. The molecule has 166 valence electrons. The van der Waals surface area contributed by atoms with Crippen LogP contribution >= 0.6 is 23.6 Å². The van der Waals surface area contributed by atoms with Crippen LogP contribution in [-0.4, -0.2) is 16.0 Å². The molecule has 1 heterocycles. The summed E-state index contributed by atoms with van der Waals surface area (Å²) in [5.41, 5.74) is 5.27. The third-order valence-corrected chi connectivity index (χ3v) is 6.41. The summed E-state index contributed by atoms with van der Waals surface area (Å²) in [7, 11) is 0. The Balaban J connectivity index is 1.28. The highest BCUT2D eigenvalue weighted by Crippen LogP contribution is 2.24. The summed E-state index contributed by atoms with van der Waals surface area (Å²) in [6, 6.07) is 24.3. The molecule has 2 N–H and O–H groups in total. The summed E-state index contributed by atoms with van der Waals surface area (Å²) >= 11 is 7.00. The van der Waals surface area contributed by atoms with Crippen molar-refractivity contribution in [2.24, 2.45) is 0 Å². The molecule has 33 heavy (non-hydrogen) atoms. The summed E-state index contributed by atoms with van der Waals surface area (Å²) in [4.78, 5) is 16.9. The number of hydrogen-bond donors (Lipinski definition) is 2. The highest BCUT2D eigenvalue weighted by atomic mass is 32.1. The normalized spacial score (nSPS) is 11.2. The molecule has 4 nitrogen and oxygen atoms in total. The van der Waals surface area contributed by atoms with Crippen molar-refractivity contribution in [1.29, 1.82) is 0 Å². The van der Waals surface area contributed by atoms with Gasteiger partial charge in [-0.1, -0.05) is 62.4 Å². The van der Waals surface area contributed by atoms with Gasteiger partial charge in [-0.25, -0.2) is 4.98 Å². The minimum absolute atomic E-state index is 0.263. The van der Waals surface area contributed by atoms with Crippen molar-refractivity contribution in [2.75, 3.05) is 5.32 Å². The van der Waals surface area contributed by atoms with Gasteiger partial charge in [0.2, 0.25) is 5.91 Å². The molecule has 0 bridgehead atoms.